The van der Waals surface area contributed by atoms with Gasteiger partial charge in [-0.05, 0) is 72.0 Å². The molecule has 5 heteroatoms. The van der Waals surface area contributed by atoms with E-state index in [0.717, 1.165) is 32.4 Å². The largest absolute Gasteiger partial charge is 0.310 e. The number of aryl methyl sites for hydroxylation is 2. The van der Waals surface area contributed by atoms with E-state index < -0.39 is 0 Å². The van der Waals surface area contributed by atoms with Gasteiger partial charge in [0.15, 0.2) is 0 Å². The van der Waals surface area contributed by atoms with Crippen LogP contribution in [-0.4, -0.2) is 16.3 Å². The van der Waals surface area contributed by atoms with Gasteiger partial charge in [-0.3, -0.25) is 4.68 Å². The van der Waals surface area contributed by atoms with Gasteiger partial charge >= 0.3 is 0 Å². The van der Waals surface area contributed by atoms with E-state index in [9.17, 15) is 0 Å². The molecule has 2 aromatic rings. The first-order chi connectivity index (χ1) is 10.2. The Labute approximate surface area is 145 Å². The molecule has 0 aliphatic carbocycles. The van der Waals surface area contributed by atoms with Gasteiger partial charge in [-0.15, -0.1) is 11.3 Å². The summed E-state index contributed by atoms with van der Waals surface area (Å²) in [5.74, 6) is 0. The van der Waals surface area contributed by atoms with E-state index in [2.05, 4.69) is 76.0 Å². The van der Waals surface area contributed by atoms with Crippen LogP contribution in [0.3, 0.4) is 0 Å². The Morgan fingerprint density at radius 1 is 1.33 bits per heavy atom. The predicted molar refractivity (Wildman–Crippen MR) is 99.1 cm³/mol. The molecular weight excluding hydrogens is 393 g/mol. The van der Waals surface area contributed by atoms with E-state index in [1.165, 1.54) is 19.8 Å². The quantitative estimate of drug-likeness (QED) is 0.645. The fraction of sp³-hybridized carbons (Fsp3) is 0.562. The summed E-state index contributed by atoms with van der Waals surface area (Å²) in [6.45, 7) is 8.54. The van der Waals surface area contributed by atoms with Crippen LogP contribution >= 0.6 is 33.9 Å². The smallest absolute Gasteiger partial charge is 0.0656 e. The minimum atomic E-state index is 0.386. The monoisotopic (exact) mass is 417 g/mol. The highest BCUT2D eigenvalue weighted by atomic mass is 127. The molecule has 1 unspecified atom stereocenters. The van der Waals surface area contributed by atoms with Gasteiger partial charge in [-0.2, -0.15) is 5.10 Å². The van der Waals surface area contributed by atoms with E-state index in [1.807, 2.05) is 11.3 Å². The maximum Gasteiger partial charge on any atom is 0.0656 e. The van der Waals surface area contributed by atoms with Crippen LogP contribution < -0.4 is 5.32 Å². The molecule has 0 saturated heterocycles. The minimum Gasteiger partial charge on any atom is -0.310 e. The van der Waals surface area contributed by atoms with E-state index in [0.29, 0.717) is 6.04 Å². The Morgan fingerprint density at radius 3 is 2.71 bits per heavy atom. The molecule has 0 spiro atoms. The number of nitrogens with one attached hydrogen (secondary N) is 1. The van der Waals surface area contributed by atoms with Gasteiger partial charge in [0.25, 0.3) is 0 Å². The number of thiophene rings is 1. The average Bonchev–Trinajstić information content (AvgIpc) is 3.09. The SMILES string of the molecule is CCCNC(Cc1cc(CC)nn1CC)c1csc(I)c1. The molecule has 2 heterocycles. The zero-order valence-electron chi connectivity index (χ0n) is 13.0. The van der Waals surface area contributed by atoms with Crippen molar-refractivity contribution in [3.8, 4) is 0 Å². The molecule has 21 heavy (non-hydrogen) atoms. The molecule has 0 amide bonds. The fourth-order valence-electron chi connectivity index (χ4n) is 2.47. The highest BCUT2D eigenvalue weighted by Gasteiger charge is 2.16. The molecule has 2 aromatic heterocycles. The maximum atomic E-state index is 4.67. The van der Waals surface area contributed by atoms with Crippen molar-refractivity contribution in [2.75, 3.05) is 6.54 Å². The van der Waals surface area contributed by atoms with Gasteiger partial charge in [0.2, 0.25) is 0 Å². The van der Waals surface area contributed by atoms with Crippen molar-refractivity contribution in [3.05, 3.63) is 37.3 Å². The lowest BCUT2D eigenvalue weighted by molar-refractivity contribution is 0.503. The van der Waals surface area contributed by atoms with Crippen LogP contribution in [0.4, 0.5) is 0 Å². The third-order valence-corrected chi connectivity index (χ3v) is 5.43. The molecule has 0 aromatic carbocycles. The van der Waals surface area contributed by atoms with Crippen molar-refractivity contribution < 1.29 is 0 Å². The lowest BCUT2D eigenvalue weighted by Crippen LogP contribution is -2.24. The summed E-state index contributed by atoms with van der Waals surface area (Å²) in [4.78, 5) is 0. The summed E-state index contributed by atoms with van der Waals surface area (Å²) in [5.41, 5.74) is 3.94. The first kappa shape index (κ1) is 17.0. The molecule has 0 fully saturated rings. The molecule has 0 bridgehead atoms. The molecule has 0 aliphatic rings. The Morgan fingerprint density at radius 2 is 2.14 bits per heavy atom. The highest BCUT2D eigenvalue weighted by Crippen LogP contribution is 2.25. The first-order valence-corrected chi connectivity index (χ1v) is 9.66. The Bertz CT molecular complexity index is 562. The number of halogens is 1. The number of hydrogen-bond donors (Lipinski definition) is 1. The lowest BCUT2D eigenvalue weighted by Gasteiger charge is -2.18. The normalized spacial score (nSPS) is 12.8. The molecule has 1 N–H and O–H groups in total. The Balaban J connectivity index is 2.19. The maximum absolute atomic E-state index is 4.67. The van der Waals surface area contributed by atoms with E-state index in [-0.39, 0.29) is 0 Å². The third kappa shape index (κ3) is 4.53. The van der Waals surface area contributed by atoms with Crippen LogP contribution in [0.1, 0.15) is 50.2 Å². The molecule has 0 radical (unpaired) electrons. The summed E-state index contributed by atoms with van der Waals surface area (Å²) in [7, 11) is 0. The van der Waals surface area contributed by atoms with Crippen molar-refractivity contribution >= 4 is 33.9 Å². The second kappa shape index (κ2) is 8.29. The van der Waals surface area contributed by atoms with Crippen LogP contribution in [0, 0.1) is 2.88 Å². The van der Waals surface area contributed by atoms with Gasteiger partial charge < -0.3 is 5.32 Å². The van der Waals surface area contributed by atoms with E-state index >= 15 is 0 Å². The third-order valence-electron chi connectivity index (χ3n) is 3.62. The first-order valence-electron chi connectivity index (χ1n) is 7.70. The zero-order chi connectivity index (χ0) is 15.2. The molecule has 0 aliphatic heterocycles. The van der Waals surface area contributed by atoms with Gasteiger partial charge in [0.1, 0.15) is 0 Å². The van der Waals surface area contributed by atoms with E-state index in [4.69, 9.17) is 0 Å². The number of rotatable bonds is 8. The van der Waals surface area contributed by atoms with Crippen LogP contribution in [0.2, 0.25) is 0 Å². The topological polar surface area (TPSA) is 29.9 Å². The van der Waals surface area contributed by atoms with Gasteiger partial charge in [-0.25, -0.2) is 0 Å². The highest BCUT2D eigenvalue weighted by molar-refractivity contribution is 14.1. The Hall–Kier alpha value is -0.400. The number of hydrogen-bond acceptors (Lipinski definition) is 3. The van der Waals surface area contributed by atoms with Crippen molar-refractivity contribution in [2.45, 2.75) is 52.6 Å². The number of aromatic nitrogens is 2. The summed E-state index contributed by atoms with van der Waals surface area (Å²) < 4.78 is 3.50. The molecule has 116 valence electrons. The van der Waals surface area contributed by atoms with Crippen LogP contribution in [0.25, 0.3) is 0 Å². The summed E-state index contributed by atoms with van der Waals surface area (Å²) in [6.07, 6.45) is 3.17. The average molecular weight is 417 g/mol. The molecule has 1 atom stereocenters. The van der Waals surface area contributed by atoms with Crippen LogP contribution in [0.15, 0.2) is 17.5 Å². The minimum absolute atomic E-state index is 0.386. The molecule has 2 rings (SSSR count). The molecule has 3 nitrogen and oxygen atoms in total. The summed E-state index contributed by atoms with van der Waals surface area (Å²) in [6, 6.07) is 4.95. The van der Waals surface area contributed by atoms with Crippen LogP contribution in [0.5, 0.6) is 0 Å². The van der Waals surface area contributed by atoms with E-state index in [1.54, 1.807) is 0 Å². The molecule has 0 saturated carbocycles. The second-order valence-corrected chi connectivity index (χ2v) is 8.00. The van der Waals surface area contributed by atoms with Gasteiger partial charge in [0.05, 0.1) is 8.58 Å². The fourth-order valence-corrected chi connectivity index (χ4v) is 3.89. The van der Waals surface area contributed by atoms with Gasteiger partial charge in [0, 0.05) is 24.7 Å². The van der Waals surface area contributed by atoms with Crippen molar-refractivity contribution in [3.63, 3.8) is 0 Å². The van der Waals surface area contributed by atoms with Crippen molar-refractivity contribution in [2.24, 2.45) is 0 Å². The zero-order valence-corrected chi connectivity index (χ0v) is 16.0. The Kier molecular flexibility index (Phi) is 6.70. The van der Waals surface area contributed by atoms with Gasteiger partial charge in [-0.1, -0.05) is 13.8 Å². The number of nitrogens with zero attached hydrogens (tertiary/aromatic N) is 2. The molecular formula is C16H24IN3S. The lowest BCUT2D eigenvalue weighted by atomic mass is 10.0. The summed E-state index contributed by atoms with van der Waals surface area (Å²) >= 11 is 4.22. The standard InChI is InChI=1S/C16H24IN3S/c1-4-7-18-15(12-8-16(17)21-11-12)10-14-9-13(5-2)19-20(14)6-3/h8-9,11,15,18H,4-7,10H2,1-3H3. The summed E-state index contributed by atoms with van der Waals surface area (Å²) in [5, 5.41) is 10.6. The van der Waals surface area contributed by atoms with Crippen molar-refractivity contribution in [1.29, 1.82) is 0 Å². The van der Waals surface area contributed by atoms with Crippen LogP contribution in [-0.2, 0) is 19.4 Å². The second-order valence-electron chi connectivity index (χ2n) is 5.19. The predicted octanol–water partition coefficient (Wildman–Crippen LogP) is 4.41. The van der Waals surface area contributed by atoms with Crippen molar-refractivity contribution in [1.82, 2.24) is 15.1 Å².